The fourth-order valence-electron chi connectivity index (χ4n) is 5.96. The highest BCUT2D eigenvalue weighted by Gasteiger charge is 2.49. The Bertz CT molecular complexity index is 1050. The number of rotatable bonds is 3. The molecule has 6 nitrogen and oxygen atoms in total. The normalized spacial score (nSPS) is 27.7. The highest BCUT2D eigenvalue weighted by molar-refractivity contribution is 5.94. The van der Waals surface area contributed by atoms with Crippen LogP contribution in [0.1, 0.15) is 41.6 Å². The Hall–Kier alpha value is -2.89. The van der Waals surface area contributed by atoms with Crippen LogP contribution in [0.4, 0.5) is 0 Å². The highest BCUT2D eigenvalue weighted by Crippen LogP contribution is 2.42. The molecule has 4 atom stereocenters. The summed E-state index contributed by atoms with van der Waals surface area (Å²) in [7, 11) is 1.67. The maximum Gasteiger partial charge on any atom is 0.255 e. The minimum Gasteiger partial charge on any atom is -0.338 e. The van der Waals surface area contributed by atoms with Gasteiger partial charge in [0.2, 0.25) is 11.5 Å². The van der Waals surface area contributed by atoms with Gasteiger partial charge >= 0.3 is 0 Å². The van der Waals surface area contributed by atoms with Crippen LogP contribution in [-0.4, -0.2) is 51.4 Å². The average molecular weight is 420 g/mol. The van der Waals surface area contributed by atoms with Crippen molar-refractivity contribution in [2.45, 2.75) is 44.2 Å². The van der Waals surface area contributed by atoms with Crippen molar-refractivity contribution in [2.75, 3.05) is 13.1 Å². The zero-order chi connectivity index (χ0) is 21.5. The van der Waals surface area contributed by atoms with Crippen molar-refractivity contribution in [1.82, 2.24) is 14.4 Å². The van der Waals surface area contributed by atoms with E-state index in [4.69, 9.17) is 0 Å². The predicted molar refractivity (Wildman–Crippen MR) is 118 cm³/mol. The van der Waals surface area contributed by atoms with Gasteiger partial charge in [-0.2, -0.15) is 0 Å². The molecule has 1 aromatic heterocycles. The standard InChI is InChI=1S/C25H29N3O3/c1-26-14-18(10-11-23(26)29)25(31)27-15-19-13-20(16-27)22(12-17-6-3-2-4-7-17)28-21(19)8-5-9-24(28)30/h2-4,6-7,10-11,14,19-22H,5,8-9,12-13,15-16H2,1H3/t19-,20+,21+,22+/m1/s1. The molecule has 6 heteroatoms. The van der Waals surface area contributed by atoms with Crippen molar-refractivity contribution >= 4 is 11.8 Å². The lowest BCUT2D eigenvalue weighted by molar-refractivity contribution is -0.151. The molecule has 162 valence electrons. The van der Waals surface area contributed by atoms with Gasteiger partial charge in [-0.05, 0) is 49.1 Å². The van der Waals surface area contributed by atoms with Crippen LogP contribution < -0.4 is 5.56 Å². The van der Waals surface area contributed by atoms with Gasteiger partial charge < -0.3 is 14.4 Å². The van der Waals surface area contributed by atoms with Crippen LogP contribution in [0.25, 0.3) is 0 Å². The van der Waals surface area contributed by atoms with Crippen LogP contribution in [0.2, 0.25) is 0 Å². The van der Waals surface area contributed by atoms with E-state index < -0.39 is 0 Å². The topological polar surface area (TPSA) is 62.6 Å². The Morgan fingerprint density at radius 2 is 1.81 bits per heavy atom. The first-order valence-electron chi connectivity index (χ1n) is 11.3. The van der Waals surface area contributed by atoms with Crippen LogP contribution in [-0.2, 0) is 18.3 Å². The van der Waals surface area contributed by atoms with Crippen LogP contribution in [0.3, 0.4) is 0 Å². The monoisotopic (exact) mass is 419 g/mol. The molecule has 0 unspecified atom stereocenters. The first-order chi connectivity index (χ1) is 15.0. The molecule has 4 heterocycles. The maximum atomic E-state index is 13.3. The minimum absolute atomic E-state index is 0.0145. The molecule has 3 aliphatic heterocycles. The lowest BCUT2D eigenvalue weighted by Gasteiger charge is -2.56. The van der Waals surface area contributed by atoms with E-state index in [0.717, 1.165) is 25.7 Å². The lowest BCUT2D eigenvalue weighted by Crippen LogP contribution is -2.66. The van der Waals surface area contributed by atoms with E-state index in [-0.39, 0.29) is 35.4 Å². The number of aromatic nitrogens is 1. The summed E-state index contributed by atoms with van der Waals surface area (Å²) in [6.07, 6.45) is 6.14. The van der Waals surface area contributed by atoms with Gasteiger partial charge in [-0.3, -0.25) is 14.4 Å². The number of carbonyl (C=O) groups is 2. The Labute approximate surface area is 182 Å². The molecular formula is C25H29N3O3. The zero-order valence-electron chi connectivity index (χ0n) is 17.9. The summed E-state index contributed by atoms with van der Waals surface area (Å²) in [6.45, 7) is 1.34. The zero-order valence-corrected chi connectivity index (χ0v) is 17.9. The molecule has 3 fully saturated rings. The summed E-state index contributed by atoms with van der Waals surface area (Å²) >= 11 is 0. The third kappa shape index (κ3) is 3.68. The molecule has 2 bridgehead atoms. The third-order valence-electron chi connectivity index (χ3n) is 7.40. The molecule has 2 amide bonds. The Morgan fingerprint density at radius 1 is 1.03 bits per heavy atom. The van der Waals surface area contributed by atoms with Gasteiger partial charge in [-0.1, -0.05) is 30.3 Å². The summed E-state index contributed by atoms with van der Waals surface area (Å²) in [5.74, 6) is 0.865. The van der Waals surface area contributed by atoms with Gasteiger partial charge in [-0.15, -0.1) is 0 Å². The van der Waals surface area contributed by atoms with Crippen molar-refractivity contribution in [2.24, 2.45) is 18.9 Å². The van der Waals surface area contributed by atoms with E-state index in [1.54, 1.807) is 19.3 Å². The summed E-state index contributed by atoms with van der Waals surface area (Å²) < 4.78 is 1.46. The number of aryl methyl sites for hydroxylation is 1. The smallest absolute Gasteiger partial charge is 0.255 e. The number of benzene rings is 1. The molecule has 31 heavy (non-hydrogen) atoms. The summed E-state index contributed by atoms with van der Waals surface area (Å²) in [5, 5.41) is 0. The second-order valence-electron chi connectivity index (χ2n) is 9.35. The SMILES string of the molecule is Cn1cc(C(=O)N2C[C@H]3C[C@@H](C2)[C@H](Cc2ccccc2)N2C(=O)CCC[C@@H]32)ccc1=O. The molecule has 0 radical (unpaired) electrons. The fourth-order valence-corrected chi connectivity index (χ4v) is 5.96. The van der Waals surface area contributed by atoms with Gasteiger partial charge in [0.1, 0.15) is 0 Å². The first kappa shape index (κ1) is 20.0. The van der Waals surface area contributed by atoms with E-state index in [1.165, 1.54) is 16.2 Å². The Balaban J connectivity index is 1.44. The molecule has 0 aliphatic carbocycles. The number of amides is 2. The lowest BCUT2D eigenvalue weighted by atomic mass is 9.70. The van der Waals surface area contributed by atoms with Crippen molar-refractivity contribution in [3.63, 3.8) is 0 Å². The van der Waals surface area contributed by atoms with Crippen LogP contribution in [0.15, 0.2) is 53.5 Å². The Kier molecular flexibility index (Phi) is 5.16. The van der Waals surface area contributed by atoms with Crippen LogP contribution in [0, 0.1) is 11.8 Å². The molecule has 0 N–H and O–H groups in total. The second-order valence-corrected chi connectivity index (χ2v) is 9.35. The first-order valence-corrected chi connectivity index (χ1v) is 11.3. The molecule has 0 saturated carbocycles. The summed E-state index contributed by atoms with van der Waals surface area (Å²) in [6, 6.07) is 13.8. The van der Waals surface area contributed by atoms with Gasteiger partial charge in [0.05, 0.1) is 5.56 Å². The molecule has 1 aromatic carbocycles. The number of pyridine rings is 1. The number of fused-ring (bicyclic) bond motifs is 4. The molecular weight excluding hydrogens is 390 g/mol. The number of likely N-dealkylation sites (tertiary alicyclic amines) is 1. The molecule has 0 spiro atoms. The number of piperidine rings is 3. The molecule has 5 rings (SSSR count). The minimum atomic E-state index is -0.119. The number of carbonyl (C=O) groups excluding carboxylic acids is 2. The number of nitrogens with zero attached hydrogens (tertiary/aromatic N) is 3. The predicted octanol–water partition coefficient (Wildman–Crippen LogP) is 2.47. The quantitative estimate of drug-likeness (QED) is 0.768. The van der Waals surface area contributed by atoms with Crippen LogP contribution >= 0.6 is 0 Å². The van der Waals surface area contributed by atoms with Gasteiger partial charge in [0.15, 0.2) is 0 Å². The molecule has 2 aromatic rings. The average Bonchev–Trinajstić information content (AvgIpc) is 2.78. The summed E-state index contributed by atoms with van der Waals surface area (Å²) in [5.41, 5.74) is 1.68. The maximum absolute atomic E-state index is 13.3. The Morgan fingerprint density at radius 3 is 2.58 bits per heavy atom. The van der Waals surface area contributed by atoms with Gasteiger partial charge in [0.25, 0.3) is 5.91 Å². The highest BCUT2D eigenvalue weighted by atomic mass is 16.2. The van der Waals surface area contributed by atoms with Gasteiger partial charge in [0, 0.05) is 50.9 Å². The molecule has 3 aliphatic rings. The van der Waals surface area contributed by atoms with Crippen molar-refractivity contribution < 1.29 is 9.59 Å². The fraction of sp³-hybridized carbons (Fsp3) is 0.480. The van der Waals surface area contributed by atoms with Crippen LogP contribution in [0.5, 0.6) is 0 Å². The van der Waals surface area contributed by atoms with Crippen molar-refractivity contribution in [1.29, 1.82) is 0 Å². The van der Waals surface area contributed by atoms with Crippen molar-refractivity contribution in [3.05, 3.63) is 70.1 Å². The third-order valence-corrected chi connectivity index (χ3v) is 7.40. The number of hydrogen-bond acceptors (Lipinski definition) is 3. The van der Waals surface area contributed by atoms with E-state index in [0.29, 0.717) is 31.0 Å². The van der Waals surface area contributed by atoms with E-state index in [9.17, 15) is 14.4 Å². The van der Waals surface area contributed by atoms with Gasteiger partial charge in [-0.25, -0.2) is 0 Å². The summed E-state index contributed by atoms with van der Waals surface area (Å²) in [4.78, 5) is 42.2. The number of hydrogen-bond donors (Lipinski definition) is 0. The molecule has 3 saturated heterocycles. The van der Waals surface area contributed by atoms with E-state index in [1.807, 2.05) is 23.1 Å². The van der Waals surface area contributed by atoms with E-state index in [2.05, 4.69) is 17.0 Å². The van der Waals surface area contributed by atoms with E-state index >= 15 is 0 Å². The van der Waals surface area contributed by atoms with Crippen molar-refractivity contribution in [3.8, 4) is 0 Å². The second kappa shape index (κ2) is 7.98. The largest absolute Gasteiger partial charge is 0.338 e.